The Kier molecular flexibility index (Phi) is 6.13. The maximum Gasteiger partial charge on any atom is 0.417 e. The highest BCUT2D eigenvalue weighted by Crippen LogP contribution is 2.40. The van der Waals surface area contributed by atoms with E-state index in [-0.39, 0.29) is 13.0 Å². The minimum atomic E-state index is -4.88. The Morgan fingerprint density at radius 3 is 2.58 bits per heavy atom. The number of anilines is 1. The van der Waals surface area contributed by atoms with Gasteiger partial charge in [-0.2, -0.15) is 33.3 Å². The zero-order valence-corrected chi connectivity index (χ0v) is 20.9. The second kappa shape index (κ2) is 9.09. The molecular weight excluding hydrogens is 523 g/mol. The van der Waals surface area contributed by atoms with Crippen LogP contribution in [0.2, 0.25) is 0 Å². The number of rotatable bonds is 6. The normalized spacial score (nSPS) is 20.7. The number of nitriles is 1. The molecule has 2 fully saturated rings. The van der Waals surface area contributed by atoms with Crippen molar-refractivity contribution in [2.75, 3.05) is 11.4 Å². The van der Waals surface area contributed by atoms with E-state index in [1.807, 2.05) is 0 Å². The van der Waals surface area contributed by atoms with Gasteiger partial charge in [-0.05, 0) is 50.5 Å². The summed E-state index contributed by atoms with van der Waals surface area (Å²) < 4.78 is 69.7. The summed E-state index contributed by atoms with van der Waals surface area (Å²) in [6.45, 7) is 1.42. The molecule has 1 aromatic carbocycles. The molecule has 198 valence electrons. The number of carbonyl (C=O) groups is 1. The highest BCUT2D eigenvalue weighted by atomic mass is 32.2. The van der Waals surface area contributed by atoms with Crippen LogP contribution in [-0.2, 0) is 20.8 Å². The van der Waals surface area contributed by atoms with Crippen molar-refractivity contribution in [1.82, 2.24) is 25.3 Å². The van der Waals surface area contributed by atoms with E-state index in [1.165, 1.54) is 21.8 Å². The third-order valence-electron chi connectivity index (χ3n) is 6.71. The van der Waals surface area contributed by atoms with Crippen molar-refractivity contribution < 1.29 is 26.4 Å². The Balaban J connectivity index is 1.57. The molecule has 1 amide bonds. The number of hydrogen-bond donors (Lipinski definition) is 1. The van der Waals surface area contributed by atoms with Crippen molar-refractivity contribution in [1.29, 1.82) is 5.26 Å². The fourth-order valence-electron chi connectivity index (χ4n) is 4.63. The van der Waals surface area contributed by atoms with E-state index in [1.54, 1.807) is 25.1 Å². The van der Waals surface area contributed by atoms with Gasteiger partial charge in [-0.3, -0.25) is 4.79 Å². The predicted molar refractivity (Wildman–Crippen MR) is 128 cm³/mol. The Hall–Kier alpha value is -3.99. The number of alkyl halides is 3. The lowest BCUT2D eigenvalue weighted by Crippen LogP contribution is -2.48. The van der Waals surface area contributed by atoms with E-state index in [2.05, 4.69) is 26.7 Å². The van der Waals surface area contributed by atoms with Gasteiger partial charge in [-0.1, -0.05) is 12.1 Å². The van der Waals surface area contributed by atoms with Crippen molar-refractivity contribution in [2.24, 2.45) is 0 Å². The quantitative estimate of drug-likeness (QED) is 0.500. The molecule has 38 heavy (non-hydrogen) atoms. The minimum absolute atomic E-state index is 0.280. The second-order valence-electron chi connectivity index (χ2n) is 9.39. The molecule has 1 saturated carbocycles. The van der Waals surface area contributed by atoms with Crippen molar-refractivity contribution in [3.05, 3.63) is 59.9 Å². The van der Waals surface area contributed by atoms with Crippen LogP contribution in [0.1, 0.15) is 30.5 Å². The van der Waals surface area contributed by atoms with Gasteiger partial charge in [0.15, 0.2) is 15.7 Å². The number of nitrogens with zero attached hydrogens (tertiary/aromatic N) is 6. The van der Waals surface area contributed by atoms with Gasteiger partial charge in [0.2, 0.25) is 5.91 Å². The molecule has 3 aromatic rings. The lowest BCUT2D eigenvalue weighted by Gasteiger charge is -2.26. The van der Waals surface area contributed by atoms with E-state index in [0.29, 0.717) is 30.2 Å². The van der Waals surface area contributed by atoms with Crippen LogP contribution in [0.15, 0.2) is 53.6 Å². The van der Waals surface area contributed by atoms with Crippen LogP contribution in [0.5, 0.6) is 0 Å². The minimum Gasteiger partial charge on any atom is -0.343 e. The molecule has 0 radical (unpaired) electrons. The number of aromatic nitrogens is 4. The molecule has 1 aliphatic carbocycles. The third kappa shape index (κ3) is 4.58. The van der Waals surface area contributed by atoms with Crippen LogP contribution in [0, 0.1) is 18.3 Å². The summed E-state index contributed by atoms with van der Waals surface area (Å²) in [5.41, 5.74) is -1.75. The smallest absolute Gasteiger partial charge is 0.343 e. The predicted octanol–water partition coefficient (Wildman–Crippen LogP) is 2.58. The third-order valence-corrected chi connectivity index (χ3v) is 8.90. The van der Waals surface area contributed by atoms with Crippen LogP contribution in [0.25, 0.3) is 5.82 Å². The summed E-state index contributed by atoms with van der Waals surface area (Å²) in [6, 6.07) is 9.86. The average molecular weight is 546 g/mol. The number of benzene rings is 1. The summed E-state index contributed by atoms with van der Waals surface area (Å²) in [6.07, 6.45) is -2.79. The van der Waals surface area contributed by atoms with Gasteiger partial charge in [0, 0.05) is 18.8 Å². The van der Waals surface area contributed by atoms with E-state index in [0.717, 1.165) is 18.2 Å². The molecule has 1 aliphatic heterocycles. The highest BCUT2D eigenvalue weighted by Gasteiger charge is 2.51. The first-order chi connectivity index (χ1) is 17.9. The number of nitrogens with one attached hydrogen (secondary N) is 1. The number of halogens is 3. The molecular formula is C24H22F3N7O3S. The van der Waals surface area contributed by atoms with Crippen LogP contribution >= 0.6 is 0 Å². The number of amides is 1. The molecule has 2 aromatic heterocycles. The van der Waals surface area contributed by atoms with E-state index in [4.69, 9.17) is 0 Å². The number of carbonyl (C=O) groups excluding carboxylic acids is 1. The summed E-state index contributed by atoms with van der Waals surface area (Å²) >= 11 is 0. The Morgan fingerprint density at radius 1 is 1.21 bits per heavy atom. The molecule has 1 saturated heterocycles. The van der Waals surface area contributed by atoms with Gasteiger partial charge in [-0.25, -0.2) is 8.42 Å². The van der Waals surface area contributed by atoms with Gasteiger partial charge in [0.05, 0.1) is 27.5 Å². The van der Waals surface area contributed by atoms with Gasteiger partial charge in [0.25, 0.3) is 0 Å². The van der Waals surface area contributed by atoms with E-state index in [9.17, 15) is 31.6 Å². The van der Waals surface area contributed by atoms with Crippen LogP contribution in [0.3, 0.4) is 0 Å². The van der Waals surface area contributed by atoms with Crippen LogP contribution in [-0.4, -0.2) is 57.7 Å². The first-order valence-electron chi connectivity index (χ1n) is 11.7. The largest absolute Gasteiger partial charge is 0.417 e. The summed E-state index contributed by atoms with van der Waals surface area (Å²) in [7, 11) is -4.53. The number of hydrogen-bond acceptors (Lipinski definition) is 8. The zero-order chi connectivity index (χ0) is 27.3. The van der Waals surface area contributed by atoms with Crippen LogP contribution < -0.4 is 10.2 Å². The van der Waals surface area contributed by atoms with Gasteiger partial charge in [0.1, 0.15) is 17.4 Å². The second-order valence-corrected chi connectivity index (χ2v) is 11.6. The van der Waals surface area contributed by atoms with Crippen molar-refractivity contribution >= 4 is 21.6 Å². The Morgan fingerprint density at radius 2 is 1.95 bits per heavy atom. The Labute approximate surface area is 216 Å². The van der Waals surface area contributed by atoms with Crippen molar-refractivity contribution in [2.45, 2.75) is 54.1 Å². The summed E-state index contributed by atoms with van der Waals surface area (Å²) in [4.78, 5) is 14.1. The van der Waals surface area contributed by atoms with Gasteiger partial charge < -0.3 is 10.2 Å². The molecule has 0 bridgehead atoms. The monoisotopic (exact) mass is 545 g/mol. The molecule has 0 unspecified atom stereocenters. The lowest BCUT2D eigenvalue weighted by atomic mass is 10.1. The lowest BCUT2D eigenvalue weighted by molar-refractivity contribution is -0.139. The maximum absolute atomic E-state index is 13.7. The highest BCUT2D eigenvalue weighted by molar-refractivity contribution is 7.92. The first kappa shape index (κ1) is 25.7. The topological polar surface area (TPSA) is 134 Å². The molecule has 2 atom stereocenters. The van der Waals surface area contributed by atoms with Gasteiger partial charge in [-0.15, -0.1) is 5.10 Å². The fraction of sp³-hybridized carbons (Fsp3) is 0.375. The summed E-state index contributed by atoms with van der Waals surface area (Å²) in [5.74, 6) is 0.0429. The van der Waals surface area contributed by atoms with Crippen molar-refractivity contribution in [3.8, 4) is 11.9 Å². The number of aryl methyl sites for hydroxylation is 1. The fourth-order valence-corrected chi connectivity index (χ4v) is 6.54. The number of sulfone groups is 1. The zero-order valence-electron chi connectivity index (χ0n) is 20.1. The first-order valence-corrected chi connectivity index (χ1v) is 13.2. The standard InChI is InChI=1S/C24H22F3N7O3S/c1-15-11-21(34(32-15)20-7-4-10-29-31-20)33-13-16(12-18(33)22(35)30-23(14-28)8-9-23)38(36,37)19-6-3-2-5-17(19)24(25,26)27/h2-7,10-11,16,18H,8-9,12-13H2,1H3,(H,30,35)/t16-,18+/m1/s1. The molecule has 1 N–H and O–H groups in total. The molecule has 14 heteroatoms. The average Bonchev–Trinajstić information content (AvgIpc) is 3.32. The van der Waals surface area contributed by atoms with Gasteiger partial charge >= 0.3 is 6.18 Å². The summed E-state index contributed by atoms with van der Waals surface area (Å²) in [5, 5.41) is 23.1. The molecule has 2 aliphatic rings. The molecule has 5 rings (SSSR count). The van der Waals surface area contributed by atoms with Crippen molar-refractivity contribution in [3.63, 3.8) is 0 Å². The molecule has 0 spiro atoms. The Bertz CT molecular complexity index is 1530. The molecule has 10 nitrogen and oxygen atoms in total. The maximum atomic E-state index is 13.7. The van der Waals surface area contributed by atoms with Crippen LogP contribution in [0.4, 0.5) is 19.0 Å². The SMILES string of the molecule is Cc1cc(N2C[C@H](S(=O)(=O)c3ccccc3C(F)(F)F)C[C@H]2C(=O)NC2(C#N)CC2)n(-c2cccnn2)n1. The van der Waals surface area contributed by atoms with E-state index >= 15 is 0 Å². The molecule has 3 heterocycles. The van der Waals surface area contributed by atoms with E-state index < -0.39 is 49.2 Å².